The van der Waals surface area contributed by atoms with Crippen LogP contribution in [0.3, 0.4) is 0 Å². The molecule has 31 heavy (non-hydrogen) atoms. The maximum atomic E-state index is 13.0. The first-order chi connectivity index (χ1) is 14.7. The first-order valence-corrected chi connectivity index (χ1v) is 11.5. The minimum Gasteiger partial charge on any atom is -0.497 e. The van der Waals surface area contributed by atoms with Crippen LogP contribution in [0, 0.1) is 13.8 Å². The molecule has 1 fully saturated rings. The molecule has 1 unspecified atom stereocenters. The van der Waals surface area contributed by atoms with E-state index in [-0.39, 0.29) is 11.4 Å². The minimum atomic E-state index is -3.71. The number of carbonyl (C=O) groups is 2. The zero-order valence-corrected chi connectivity index (χ0v) is 18.7. The van der Waals surface area contributed by atoms with E-state index in [1.807, 2.05) is 19.9 Å². The number of nitrogens with one attached hydrogen (secondary N) is 2. The molecule has 1 heterocycles. The molecule has 9 heteroatoms. The third kappa shape index (κ3) is 5.42. The molecule has 1 aliphatic rings. The Morgan fingerprint density at radius 2 is 1.71 bits per heavy atom. The number of amides is 2. The number of rotatable bonds is 6. The van der Waals surface area contributed by atoms with Crippen LogP contribution in [0.1, 0.15) is 24.0 Å². The number of sulfonamides is 1. The zero-order valence-electron chi connectivity index (χ0n) is 17.8. The quantitative estimate of drug-likeness (QED) is 0.664. The van der Waals surface area contributed by atoms with Gasteiger partial charge in [0.05, 0.1) is 12.0 Å². The van der Waals surface area contributed by atoms with Crippen LogP contribution in [-0.4, -0.2) is 50.8 Å². The molecule has 0 saturated carbocycles. The summed E-state index contributed by atoms with van der Waals surface area (Å²) in [7, 11) is -2.20. The van der Waals surface area contributed by atoms with E-state index in [9.17, 15) is 18.0 Å². The zero-order chi connectivity index (χ0) is 22.6. The molecule has 2 aromatic rings. The molecular formula is C22H27N3O5S. The fourth-order valence-electron chi connectivity index (χ4n) is 3.74. The summed E-state index contributed by atoms with van der Waals surface area (Å²) in [6.07, 6.45) is 1.29. The van der Waals surface area contributed by atoms with Crippen LogP contribution in [0.5, 0.6) is 5.75 Å². The average molecular weight is 446 g/mol. The standard InChI is InChI=1S/C22H27N3O5S/c1-15-11-16(2)13-17(12-15)24-22(27)21(26)23-14-18-5-4-10-25(18)31(28,29)20-8-6-19(30-3)7-9-20/h6-9,11-13,18H,4-5,10,14H2,1-3H3,(H,23,26)(H,24,27). The van der Waals surface area contributed by atoms with Crippen LogP contribution >= 0.6 is 0 Å². The number of ether oxygens (including phenoxy) is 1. The van der Waals surface area contributed by atoms with E-state index >= 15 is 0 Å². The topological polar surface area (TPSA) is 105 Å². The fourth-order valence-corrected chi connectivity index (χ4v) is 5.43. The van der Waals surface area contributed by atoms with Crippen LogP contribution < -0.4 is 15.4 Å². The van der Waals surface area contributed by atoms with Crippen molar-refractivity contribution >= 4 is 27.5 Å². The normalized spacial score (nSPS) is 16.7. The van der Waals surface area contributed by atoms with Crippen LogP contribution in [0.25, 0.3) is 0 Å². The Morgan fingerprint density at radius 3 is 2.32 bits per heavy atom. The molecule has 8 nitrogen and oxygen atoms in total. The molecule has 2 amide bonds. The molecule has 1 atom stereocenters. The van der Waals surface area contributed by atoms with Gasteiger partial charge in [-0.2, -0.15) is 4.31 Å². The lowest BCUT2D eigenvalue weighted by molar-refractivity contribution is -0.136. The largest absolute Gasteiger partial charge is 0.497 e. The van der Waals surface area contributed by atoms with Gasteiger partial charge in [-0.25, -0.2) is 8.42 Å². The van der Waals surface area contributed by atoms with E-state index in [1.165, 1.54) is 23.5 Å². The summed E-state index contributed by atoms with van der Waals surface area (Å²) in [5.41, 5.74) is 2.49. The summed E-state index contributed by atoms with van der Waals surface area (Å²) in [4.78, 5) is 24.7. The van der Waals surface area contributed by atoms with Crippen molar-refractivity contribution in [2.45, 2.75) is 37.6 Å². The predicted molar refractivity (Wildman–Crippen MR) is 117 cm³/mol. The highest BCUT2D eigenvalue weighted by Crippen LogP contribution is 2.27. The molecule has 2 N–H and O–H groups in total. The lowest BCUT2D eigenvalue weighted by Crippen LogP contribution is -2.45. The summed E-state index contributed by atoms with van der Waals surface area (Å²) in [6, 6.07) is 11.3. The molecular weight excluding hydrogens is 418 g/mol. The highest BCUT2D eigenvalue weighted by molar-refractivity contribution is 7.89. The predicted octanol–water partition coefficient (Wildman–Crippen LogP) is 2.22. The summed E-state index contributed by atoms with van der Waals surface area (Å²) in [6.45, 7) is 4.24. The van der Waals surface area contributed by atoms with Gasteiger partial charge >= 0.3 is 11.8 Å². The molecule has 0 spiro atoms. The smallest absolute Gasteiger partial charge is 0.313 e. The summed E-state index contributed by atoms with van der Waals surface area (Å²) >= 11 is 0. The Morgan fingerprint density at radius 1 is 1.06 bits per heavy atom. The molecule has 1 saturated heterocycles. The molecule has 0 aromatic heterocycles. The Bertz CT molecular complexity index is 1050. The van der Waals surface area contributed by atoms with Crippen molar-refractivity contribution in [1.29, 1.82) is 0 Å². The summed E-state index contributed by atoms with van der Waals surface area (Å²) in [5.74, 6) is -1.01. The number of anilines is 1. The number of hydrogen-bond acceptors (Lipinski definition) is 5. The van der Waals surface area contributed by atoms with Gasteiger partial charge in [0, 0.05) is 24.8 Å². The molecule has 0 aliphatic carbocycles. The Kier molecular flexibility index (Phi) is 6.97. The fraction of sp³-hybridized carbons (Fsp3) is 0.364. The van der Waals surface area contributed by atoms with Gasteiger partial charge in [0.25, 0.3) is 0 Å². The van der Waals surface area contributed by atoms with Crippen LogP contribution in [0.15, 0.2) is 47.4 Å². The first-order valence-electron chi connectivity index (χ1n) is 10.0. The number of carbonyl (C=O) groups excluding carboxylic acids is 2. The summed E-state index contributed by atoms with van der Waals surface area (Å²) < 4.78 is 32.5. The lowest BCUT2D eigenvalue weighted by Gasteiger charge is -2.24. The maximum Gasteiger partial charge on any atom is 0.313 e. The van der Waals surface area contributed by atoms with E-state index < -0.39 is 27.9 Å². The van der Waals surface area contributed by atoms with Crippen molar-refractivity contribution in [3.05, 3.63) is 53.6 Å². The molecule has 1 aliphatic heterocycles. The van der Waals surface area contributed by atoms with Gasteiger partial charge in [0.2, 0.25) is 10.0 Å². The second kappa shape index (κ2) is 9.49. The highest BCUT2D eigenvalue weighted by atomic mass is 32.2. The third-order valence-electron chi connectivity index (χ3n) is 5.17. The average Bonchev–Trinajstić information content (AvgIpc) is 3.20. The van der Waals surface area contributed by atoms with Gasteiger partial charge in [-0.1, -0.05) is 6.07 Å². The first kappa shape index (κ1) is 22.8. The van der Waals surface area contributed by atoms with E-state index in [2.05, 4.69) is 10.6 Å². The van der Waals surface area contributed by atoms with Crippen molar-refractivity contribution < 1.29 is 22.7 Å². The van der Waals surface area contributed by atoms with Crippen molar-refractivity contribution in [2.24, 2.45) is 0 Å². The SMILES string of the molecule is COc1ccc(S(=O)(=O)N2CCCC2CNC(=O)C(=O)Nc2cc(C)cc(C)c2)cc1. The van der Waals surface area contributed by atoms with E-state index in [0.717, 1.165) is 11.1 Å². The summed E-state index contributed by atoms with van der Waals surface area (Å²) in [5, 5.41) is 5.15. The maximum absolute atomic E-state index is 13.0. The van der Waals surface area contributed by atoms with Gasteiger partial charge < -0.3 is 15.4 Å². The van der Waals surface area contributed by atoms with Crippen molar-refractivity contribution in [2.75, 3.05) is 25.5 Å². The third-order valence-corrected chi connectivity index (χ3v) is 7.14. The second-order valence-electron chi connectivity index (χ2n) is 7.63. The highest BCUT2D eigenvalue weighted by Gasteiger charge is 2.35. The molecule has 0 bridgehead atoms. The van der Waals surface area contributed by atoms with E-state index in [1.54, 1.807) is 24.3 Å². The lowest BCUT2D eigenvalue weighted by atomic mass is 10.1. The monoisotopic (exact) mass is 445 g/mol. The number of aryl methyl sites for hydroxylation is 2. The van der Waals surface area contributed by atoms with Gasteiger partial charge in [0.1, 0.15) is 5.75 Å². The van der Waals surface area contributed by atoms with Gasteiger partial charge in [-0.3, -0.25) is 9.59 Å². The Labute approximate surface area is 182 Å². The van der Waals surface area contributed by atoms with Crippen LogP contribution in [-0.2, 0) is 19.6 Å². The molecule has 0 radical (unpaired) electrons. The Hall–Kier alpha value is -2.91. The number of hydrogen-bond donors (Lipinski definition) is 2. The van der Waals surface area contributed by atoms with E-state index in [0.29, 0.717) is 30.8 Å². The number of benzene rings is 2. The van der Waals surface area contributed by atoms with Crippen molar-refractivity contribution in [1.82, 2.24) is 9.62 Å². The Balaban J connectivity index is 1.62. The molecule has 166 valence electrons. The minimum absolute atomic E-state index is 0.0640. The number of methoxy groups -OCH3 is 1. The van der Waals surface area contributed by atoms with Gasteiger partial charge in [-0.05, 0) is 74.2 Å². The van der Waals surface area contributed by atoms with Crippen LogP contribution in [0.4, 0.5) is 5.69 Å². The molecule has 2 aromatic carbocycles. The number of nitrogens with zero attached hydrogens (tertiary/aromatic N) is 1. The molecule has 3 rings (SSSR count). The van der Waals surface area contributed by atoms with Gasteiger partial charge in [-0.15, -0.1) is 0 Å². The second-order valence-corrected chi connectivity index (χ2v) is 9.52. The van der Waals surface area contributed by atoms with Crippen molar-refractivity contribution in [3.8, 4) is 5.75 Å². The van der Waals surface area contributed by atoms with E-state index in [4.69, 9.17) is 4.74 Å². The van der Waals surface area contributed by atoms with Crippen LogP contribution in [0.2, 0.25) is 0 Å². The van der Waals surface area contributed by atoms with Crippen molar-refractivity contribution in [3.63, 3.8) is 0 Å². The van der Waals surface area contributed by atoms with Gasteiger partial charge in [0.15, 0.2) is 0 Å².